The van der Waals surface area contributed by atoms with E-state index in [4.69, 9.17) is 19.9 Å². The Morgan fingerprint density at radius 1 is 1.22 bits per heavy atom. The van der Waals surface area contributed by atoms with Crippen LogP contribution in [0.15, 0.2) is 23.8 Å². The van der Waals surface area contributed by atoms with Gasteiger partial charge in [-0.15, -0.1) is 0 Å². The quantitative estimate of drug-likeness (QED) is 0.219. The van der Waals surface area contributed by atoms with Crippen molar-refractivity contribution < 1.29 is 38.5 Å². The van der Waals surface area contributed by atoms with E-state index in [9.17, 15) is 24.3 Å². The second-order valence-electron chi connectivity index (χ2n) is 12.6. The summed E-state index contributed by atoms with van der Waals surface area (Å²) in [5, 5.41) is 16.7. The Morgan fingerprint density at radius 3 is 2.73 bits per heavy atom. The summed E-state index contributed by atoms with van der Waals surface area (Å²) < 4.78 is 18.6. The Labute approximate surface area is 240 Å². The van der Waals surface area contributed by atoms with Crippen molar-refractivity contribution in [1.82, 2.24) is 10.6 Å². The standard InChI is InChI=1S/C30H43N3O8/c1-4-5-26-40-23-11-20-19-7-6-17-10-18(34)8-9-28(17,2)27(19)21(35)12-29(20,3)30(23,41-26)22(36)15-39-16-33-25(38)14-32-24(37)13-31/h8-10,19-21,23,26-27,35H,4-7,11-16,31H2,1-3H3,(H,32,37)(H,33,38)/t19-,20-,21-,23+,26?,27+,28-,29-,30+/m0/s1. The van der Waals surface area contributed by atoms with Crippen LogP contribution in [-0.4, -0.2) is 79.0 Å². The van der Waals surface area contributed by atoms with Gasteiger partial charge in [0, 0.05) is 16.7 Å². The summed E-state index contributed by atoms with van der Waals surface area (Å²) in [7, 11) is 0. The number of aliphatic hydroxyl groups excluding tert-OH is 1. The lowest BCUT2D eigenvalue weighted by molar-refractivity contribution is -0.201. The zero-order chi connectivity index (χ0) is 29.6. The molecule has 9 atom stereocenters. The SMILES string of the molecule is CCCC1O[C@@H]2C[C@H]3[C@@H]4CCC5=CC(=O)C=C[C@]5(C)[C@H]4[C@@H](O)C[C@]3(C)[C@]2(C(=O)COCNC(=O)CNC(=O)CN)O1. The molecule has 0 radical (unpaired) electrons. The lowest BCUT2D eigenvalue weighted by Crippen LogP contribution is -2.63. The first-order chi connectivity index (χ1) is 19.5. The number of Topliss-reactive ketones (excluding diaryl/α,β-unsaturated/α-hetero) is 1. The van der Waals surface area contributed by atoms with Gasteiger partial charge in [0.05, 0.1) is 25.3 Å². The van der Waals surface area contributed by atoms with E-state index in [2.05, 4.69) is 24.5 Å². The minimum atomic E-state index is -1.28. The number of carbonyl (C=O) groups excluding carboxylic acids is 4. The Hall–Kier alpha value is -2.44. The molecule has 0 aromatic rings. The lowest BCUT2D eigenvalue weighted by Gasteiger charge is -2.59. The van der Waals surface area contributed by atoms with Crippen LogP contribution in [0, 0.1) is 28.6 Å². The summed E-state index contributed by atoms with van der Waals surface area (Å²) in [4.78, 5) is 49.5. The molecule has 11 heteroatoms. The summed E-state index contributed by atoms with van der Waals surface area (Å²) in [6, 6.07) is 0. The number of rotatable bonds is 10. The summed E-state index contributed by atoms with van der Waals surface area (Å²) in [6.45, 7) is 5.25. The van der Waals surface area contributed by atoms with E-state index in [-0.39, 0.29) is 55.7 Å². The fourth-order valence-electron chi connectivity index (χ4n) is 8.70. The Kier molecular flexibility index (Phi) is 8.30. The van der Waals surface area contributed by atoms with Crippen molar-refractivity contribution >= 4 is 23.4 Å². The van der Waals surface area contributed by atoms with Gasteiger partial charge >= 0.3 is 0 Å². The first-order valence-electron chi connectivity index (χ1n) is 14.8. The molecule has 5 rings (SSSR count). The molecule has 1 unspecified atom stereocenters. The van der Waals surface area contributed by atoms with E-state index in [0.717, 1.165) is 24.8 Å². The molecule has 1 heterocycles. The van der Waals surface area contributed by atoms with Crippen molar-refractivity contribution in [1.29, 1.82) is 0 Å². The molecular formula is C30H43N3O8. The number of nitrogens with one attached hydrogen (secondary N) is 2. The predicted octanol–water partition coefficient (Wildman–Crippen LogP) is 0.890. The Bertz CT molecular complexity index is 1150. The predicted molar refractivity (Wildman–Crippen MR) is 147 cm³/mol. The van der Waals surface area contributed by atoms with Gasteiger partial charge in [0.15, 0.2) is 23.5 Å². The molecule has 0 bridgehead atoms. The largest absolute Gasteiger partial charge is 0.393 e. The van der Waals surface area contributed by atoms with E-state index in [1.54, 1.807) is 12.2 Å². The van der Waals surface area contributed by atoms with Gasteiger partial charge in [0.25, 0.3) is 0 Å². The lowest BCUT2D eigenvalue weighted by atomic mass is 9.46. The number of ketones is 2. The van der Waals surface area contributed by atoms with Gasteiger partial charge in [0.2, 0.25) is 11.8 Å². The third kappa shape index (κ3) is 4.89. The maximum atomic E-state index is 14.1. The van der Waals surface area contributed by atoms with Crippen LogP contribution in [0.25, 0.3) is 0 Å². The molecule has 5 aliphatic rings. The van der Waals surface area contributed by atoms with Crippen LogP contribution in [0.5, 0.6) is 0 Å². The van der Waals surface area contributed by atoms with E-state index in [0.29, 0.717) is 19.3 Å². The van der Waals surface area contributed by atoms with Crippen LogP contribution in [-0.2, 0) is 33.4 Å². The van der Waals surface area contributed by atoms with Gasteiger partial charge in [-0.3, -0.25) is 19.2 Å². The summed E-state index contributed by atoms with van der Waals surface area (Å²) in [5.41, 5.74) is 3.92. The number of hydrogen-bond donors (Lipinski definition) is 4. The number of ether oxygens (including phenoxy) is 3. The number of allylic oxidation sites excluding steroid dienone is 4. The highest BCUT2D eigenvalue weighted by Gasteiger charge is 2.75. The average Bonchev–Trinajstić information content (AvgIpc) is 3.42. The fraction of sp³-hybridized carbons (Fsp3) is 0.733. The van der Waals surface area contributed by atoms with E-state index in [1.165, 1.54) is 0 Å². The number of amides is 2. The fourth-order valence-corrected chi connectivity index (χ4v) is 8.70. The van der Waals surface area contributed by atoms with E-state index in [1.807, 2.05) is 13.0 Å². The molecule has 1 aliphatic heterocycles. The highest BCUT2D eigenvalue weighted by molar-refractivity contribution is 6.01. The third-order valence-electron chi connectivity index (χ3n) is 10.5. The van der Waals surface area contributed by atoms with Crippen molar-refractivity contribution in [3.63, 3.8) is 0 Å². The number of nitrogens with two attached hydrogens (primary N) is 1. The second kappa shape index (κ2) is 11.3. The molecule has 0 aromatic carbocycles. The van der Waals surface area contributed by atoms with Gasteiger partial charge in [-0.25, -0.2) is 0 Å². The third-order valence-corrected chi connectivity index (χ3v) is 10.5. The van der Waals surface area contributed by atoms with Crippen LogP contribution in [0.3, 0.4) is 0 Å². The van der Waals surface area contributed by atoms with Gasteiger partial charge in [-0.1, -0.05) is 38.8 Å². The summed E-state index contributed by atoms with van der Waals surface area (Å²) in [6.07, 6.45) is 7.72. The number of aliphatic hydroxyl groups is 1. The average molecular weight is 574 g/mol. The van der Waals surface area contributed by atoms with Crippen molar-refractivity contribution in [3.8, 4) is 0 Å². The number of fused-ring (bicyclic) bond motifs is 7. The van der Waals surface area contributed by atoms with Gasteiger partial charge in [-0.05, 0) is 56.1 Å². The first kappa shape index (κ1) is 30.0. The molecule has 41 heavy (non-hydrogen) atoms. The molecule has 4 fully saturated rings. The van der Waals surface area contributed by atoms with Crippen molar-refractivity contribution in [2.75, 3.05) is 26.4 Å². The molecule has 3 saturated carbocycles. The first-order valence-corrected chi connectivity index (χ1v) is 14.8. The van der Waals surface area contributed by atoms with E-state index >= 15 is 0 Å². The highest BCUT2D eigenvalue weighted by atomic mass is 16.7. The molecule has 5 N–H and O–H groups in total. The van der Waals surface area contributed by atoms with Crippen LogP contribution >= 0.6 is 0 Å². The second-order valence-corrected chi connectivity index (χ2v) is 12.6. The Morgan fingerprint density at radius 2 is 2.00 bits per heavy atom. The van der Waals surface area contributed by atoms with Gasteiger partial charge in [-0.2, -0.15) is 0 Å². The normalized spacial score (nSPS) is 40.6. The monoisotopic (exact) mass is 573 g/mol. The van der Waals surface area contributed by atoms with Gasteiger partial charge in [0.1, 0.15) is 13.3 Å². The molecule has 0 aromatic heterocycles. The van der Waals surface area contributed by atoms with Crippen molar-refractivity contribution in [2.45, 2.75) is 83.4 Å². The molecule has 1 saturated heterocycles. The zero-order valence-electron chi connectivity index (χ0n) is 24.1. The number of carbonyl (C=O) groups is 4. The minimum Gasteiger partial charge on any atom is -0.393 e. The maximum Gasteiger partial charge on any atom is 0.241 e. The smallest absolute Gasteiger partial charge is 0.241 e. The topological polar surface area (TPSA) is 166 Å². The van der Waals surface area contributed by atoms with Crippen LogP contribution < -0.4 is 16.4 Å². The molecule has 4 aliphatic carbocycles. The van der Waals surface area contributed by atoms with Gasteiger partial charge < -0.3 is 35.7 Å². The van der Waals surface area contributed by atoms with Crippen LogP contribution in [0.1, 0.15) is 59.3 Å². The summed E-state index contributed by atoms with van der Waals surface area (Å²) in [5.74, 6) is -1.06. The number of hydrogen-bond acceptors (Lipinski definition) is 9. The highest BCUT2D eigenvalue weighted by Crippen LogP contribution is 2.69. The summed E-state index contributed by atoms with van der Waals surface area (Å²) >= 11 is 0. The molecule has 11 nitrogen and oxygen atoms in total. The van der Waals surface area contributed by atoms with Crippen molar-refractivity contribution in [3.05, 3.63) is 23.8 Å². The molecule has 226 valence electrons. The van der Waals surface area contributed by atoms with E-state index < -0.39 is 46.7 Å². The molecule has 2 amide bonds. The molecule has 0 spiro atoms. The Balaban J connectivity index is 1.35. The zero-order valence-corrected chi connectivity index (χ0v) is 24.1. The van der Waals surface area contributed by atoms with Crippen LogP contribution in [0.4, 0.5) is 0 Å². The van der Waals surface area contributed by atoms with Crippen molar-refractivity contribution in [2.24, 2.45) is 34.3 Å². The molecular weight excluding hydrogens is 530 g/mol. The minimum absolute atomic E-state index is 0.00808. The van der Waals surface area contributed by atoms with Crippen LogP contribution in [0.2, 0.25) is 0 Å². The maximum absolute atomic E-state index is 14.1.